The number of hydrogen-bond acceptors (Lipinski definition) is 12. The van der Waals surface area contributed by atoms with E-state index >= 15 is 4.39 Å². The minimum absolute atomic E-state index is 0.00354. The average molecular weight is 764 g/mol. The molecule has 1 amide bonds. The van der Waals surface area contributed by atoms with Crippen LogP contribution in [0.25, 0.3) is 10.9 Å². The minimum atomic E-state index is -3.13. The molecule has 4 fully saturated rings. The summed E-state index contributed by atoms with van der Waals surface area (Å²) in [6.07, 6.45) is 7.93. The Hall–Kier alpha value is -3.92. The first-order valence-corrected chi connectivity index (χ1v) is 21.3. The molecular formula is C39H54FN9O4S. The maximum absolute atomic E-state index is 15.9. The molecule has 0 radical (unpaired) electrons. The summed E-state index contributed by atoms with van der Waals surface area (Å²) < 4.78 is 45.5. The molecule has 6 heterocycles. The van der Waals surface area contributed by atoms with Crippen molar-refractivity contribution in [2.24, 2.45) is 5.92 Å². The van der Waals surface area contributed by atoms with Gasteiger partial charge in [0.05, 0.1) is 23.5 Å². The van der Waals surface area contributed by atoms with Crippen molar-refractivity contribution in [3.05, 3.63) is 48.8 Å². The first-order chi connectivity index (χ1) is 25.9. The van der Waals surface area contributed by atoms with Crippen LogP contribution in [0.4, 0.5) is 33.2 Å². The molecule has 4 saturated heterocycles. The number of halogens is 1. The Morgan fingerprint density at radius 1 is 1.07 bits per heavy atom. The summed E-state index contributed by atoms with van der Waals surface area (Å²) in [6.45, 7) is 16.7. The Labute approximate surface area is 318 Å². The van der Waals surface area contributed by atoms with Crippen molar-refractivity contribution in [3.8, 4) is 0 Å². The van der Waals surface area contributed by atoms with Crippen LogP contribution in [-0.2, 0) is 19.4 Å². The Morgan fingerprint density at radius 2 is 1.81 bits per heavy atom. The predicted molar refractivity (Wildman–Crippen MR) is 212 cm³/mol. The molecule has 3 aromatic rings. The van der Waals surface area contributed by atoms with Gasteiger partial charge in [0.1, 0.15) is 21.8 Å². The molecule has 13 nitrogen and oxygen atoms in total. The van der Waals surface area contributed by atoms with Gasteiger partial charge in [0, 0.05) is 124 Å². The van der Waals surface area contributed by atoms with E-state index in [1.807, 2.05) is 43.9 Å². The van der Waals surface area contributed by atoms with Gasteiger partial charge in [-0.25, -0.2) is 27.8 Å². The van der Waals surface area contributed by atoms with Crippen LogP contribution >= 0.6 is 0 Å². The number of carbonyl (C=O) groups is 1. The number of pyridine rings is 1. The zero-order valence-electron chi connectivity index (χ0n) is 31.9. The van der Waals surface area contributed by atoms with Crippen molar-refractivity contribution in [2.75, 3.05) is 91.5 Å². The number of ether oxygens (including phenoxy) is 1. The van der Waals surface area contributed by atoms with Gasteiger partial charge in [-0.05, 0) is 50.3 Å². The molecule has 7 rings (SSSR count). The van der Waals surface area contributed by atoms with E-state index in [4.69, 9.17) is 14.7 Å². The lowest BCUT2D eigenvalue weighted by atomic mass is 9.89. The molecule has 15 heteroatoms. The first kappa shape index (κ1) is 38.4. The smallest absolute Gasteiger partial charge is 0.247 e. The Balaban J connectivity index is 1.08. The van der Waals surface area contributed by atoms with E-state index in [9.17, 15) is 13.2 Å². The van der Waals surface area contributed by atoms with Crippen molar-refractivity contribution in [1.82, 2.24) is 24.8 Å². The summed E-state index contributed by atoms with van der Waals surface area (Å²) in [5.41, 5.74) is 3.71. The van der Waals surface area contributed by atoms with E-state index < -0.39 is 16.0 Å². The van der Waals surface area contributed by atoms with Gasteiger partial charge in [0.15, 0.2) is 0 Å². The van der Waals surface area contributed by atoms with Gasteiger partial charge in [-0.15, -0.1) is 0 Å². The van der Waals surface area contributed by atoms with Gasteiger partial charge < -0.3 is 25.2 Å². The van der Waals surface area contributed by atoms with Crippen LogP contribution in [0.1, 0.15) is 51.5 Å². The highest BCUT2D eigenvalue weighted by atomic mass is 32.2. The number of fused-ring (bicyclic) bond motifs is 1. The monoisotopic (exact) mass is 763 g/mol. The standard InChI is InChI=1S/C39H54FN9O4S/c1-6-36(50)44-32-20-34(49-22-27(26(49)4)24-54(5,51)52)30-21-42-39(45-38(30)37(32)25(2)3)43-28-7-11-41-35(19-28)48-12-8-33(31(40)23-48)47-15-13-46(14-16-47)29-9-17-53-18-10-29/h6-7,11,19-21,25-27,29,31,33H,1,8-10,12-18,22-24H2,2-5H3,(H,44,50)(H,41,42,43,45)/t26-,27-,31+,33-/m1/s1. The van der Waals surface area contributed by atoms with Crippen molar-refractivity contribution in [2.45, 2.75) is 70.2 Å². The molecule has 2 N–H and O–H groups in total. The summed E-state index contributed by atoms with van der Waals surface area (Å²) in [6, 6.07) is 6.15. The highest BCUT2D eigenvalue weighted by Crippen LogP contribution is 2.42. The normalized spacial score (nSPS) is 24.8. The van der Waals surface area contributed by atoms with Crippen LogP contribution in [-0.4, -0.2) is 134 Å². The molecule has 54 heavy (non-hydrogen) atoms. The third kappa shape index (κ3) is 8.33. The summed E-state index contributed by atoms with van der Waals surface area (Å²) in [4.78, 5) is 36.0. The summed E-state index contributed by atoms with van der Waals surface area (Å²) in [5.74, 6) is 0.831. The van der Waals surface area contributed by atoms with Crippen LogP contribution in [0.15, 0.2) is 43.2 Å². The summed E-state index contributed by atoms with van der Waals surface area (Å²) in [7, 11) is -3.13. The van der Waals surface area contributed by atoms with Crippen LogP contribution in [0.5, 0.6) is 0 Å². The average Bonchev–Trinajstić information content (AvgIpc) is 3.15. The van der Waals surface area contributed by atoms with Crippen LogP contribution in [0.3, 0.4) is 0 Å². The SMILES string of the molecule is C=CC(=O)Nc1cc(N2C[C@H](CS(C)(=O)=O)[C@H]2C)c2cnc(Nc3ccnc(N4CC[C@@H](N5CCN(C6CCOCC6)CC5)[C@@H](F)C4)c3)nc2c1C(C)C. The number of sulfone groups is 1. The Kier molecular flexibility index (Phi) is 11.4. The topological polar surface area (TPSA) is 136 Å². The van der Waals surface area contributed by atoms with Gasteiger partial charge in [-0.1, -0.05) is 20.4 Å². The van der Waals surface area contributed by atoms with Gasteiger partial charge >= 0.3 is 0 Å². The second-order valence-electron chi connectivity index (χ2n) is 15.7. The number of aromatic nitrogens is 3. The van der Waals surface area contributed by atoms with Crippen LogP contribution in [0, 0.1) is 5.92 Å². The lowest BCUT2D eigenvalue weighted by Gasteiger charge is -2.48. The highest BCUT2D eigenvalue weighted by molar-refractivity contribution is 7.90. The number of amides is 1. The minimum Gasteiger partial charge on any atom is -0.381 e. The molecular weight excluding hydrogens is 710 g/mol. The molecule has 0 unspecified atom stereocenters. The second kappa shape index (κ2) is 16.0. The predicted octanol–water partition coefficient (Wildman–Crippen LogP) is 4.60. The lowest BCUT2D eigenvalue weighted by Crippen LogP contribution is -2.59. The van der Waals surface area contributed by atoms with Gasteiger partial charge in [-0.2, -0.15) is 0 Å². The summed E-state index contributed by atoms with van der Waals surface area (Å²) >= 11 is 0. The number of nitrogens with one attached hydrogen (secondary N) is 2. The highest BCUT2D eigenvalue weighted by Gasteiger charge is 2.39. The number of piperazine rings is 1. The molecule has 0 aliphatic carbocycles. The zero-order valence-corrected chi connectivity index (χ0v) is 32.7. The summed E-state index contributed by atoms with van der Waals surface area (Å²) in [5, 5.41) is 7.14. The van der Waals surface area contributed by atoms with E-state index in [2.05, 4.69) is 36.9 Å². The van der Waals surface area contributed by atoms with Gasteiger partial charge in [0.2, 0.25) is 11.9 Å². The molecule has 0 spiro atoms. The van der Waals surface area contributed by atoms with E-state index in [1.165, 1.54) is 12.3 Å². The maximum atomic E-state index is 15.9. The first-order valence-electron chi connectivity index (χ1n) is 19.3. The van der Waals surface area contributed by atoms with Crippen molar-refractivity contribution in [3.63, 3.8) is 0 Å². The van der Waals surface area contributed by atoms with Crippen LogP contribution in [0.2, 0.25) is 0 Å². The van der Waals surface area contributed by atoms with Gasteiger partial charge in [0.25, 0.3) is 0 Å². The quantitative estimate of drug-likeness (QED) is 0.265. The fourth-order valence-corrected chi connectivity index (χ4v) is 9.91. The molecule has 4 atom stereocenters. The Bertz CT molecular complexity index is 1950. The molecule has 4 aliphatic heterocycles. The molecule has 292 valence electrons. The molecule has 0 saturated carbocycles. The number of carbonyl (C=O) groups excluding carboxylic acids is 1. The van der Waals surface area contributed by atoms with E-state index in [-0.39, 0.29) is 42.1 Å². The van der Waals surface area contributed by atoms with Crippen molar-refractivity contribution in [1.29, 1.82) is 0 Å². The fourth-order valence-electron chi connectivity index (χ4n) is 8.74. The number of benzene rings is 1. The fraction of sp³-hybridized carbons (Fsp3) is 0.590. The lowest BCUT2D eigenvalue weighted by molar-refractivity contribution is -0.111. The number of alkyl halides is 1. The second-order valence-corrected chi connectivity index (χ2v) is 17.9. The number of nitrogens with zero attached hydrogens (tertiary/aromatic N) is 7. The molecule has 1 aromatic carbocycles. The van der Waals surface area contributed by atoms with Crippen LogP contribution < -0.4 is 20.4 Å². The largest absolute Gasteiger partial charge is 0.381 e. The van der Waals surface area contributed by atoms with E-state index in [0.29, 0.717) is 42.1 Å². The van der Waals surface area contributed by atoms with E-state index in [0.717, 1.165) is 81.0 Å². The van der Waals surface area contributed by atoms with E-state index in [1.54, 1.807) is 12.4 Å². The molecule has 4 aliphatic rings. The maximum Gasteiger partial charge on any atom is 0.247 e. The number of rotatable bonds is 11. The van der Waals surface area contributed by atoms with Crippen molar-refractivity contribution < 1.29 is 22.3 Å². The number of anilines is 5. The third-order valence-electron chi connectivity index (χ3n) is 11.7. The Morgan fingerprint density at radius 3 is 2.48 bits per heavy atom. The molecule has 2 aromatic heterocycles. The molecule has 0 bridgehead atoms. The number of hydrogen-bond donors (Lipinski definition) is 2. The number of piperidine rings is 1. The van der Waals surface area contributed by atoms with Crippen molar-refractivity contribution >= 4 is 55.5 Å². The zero-order chi connectivity index (χ0) is 38.1. The third-order valence-corrected chi connectivity index (χ3v) is 12.7. The van der Waals surface area contributed by atoms with Gasteiger partial charge in [-0.3, -0.25) is 14.6 Å².